The molecule has 0 radical (unpaired) electrons. The topological polar surface area (TPSA) is 48.9 Å². The molecule has 1 saturated carbocycles. The van der Waals surface area contributed by atoms with E-state index in [9.17, 15) is 13.9 Å². The van der Waals surface area contributed by atoms with Gasteiger partial charge in [-0.1, -0.05) is 11.6 Å². The number of fused-ring (bicyclic) bond motifs is 1. The maximum Gasteiger partial charge on any atom is 0.248 e. The molecule has 102 valence electrons. The second-order valence-electron chi connectivity index (χ2n) is 5.18. The summed E-state index contributed by atoms with van der Waals surface area (Å²) in [6.07, 6.45) is 1.02. The van der Waals surface area contributed by atoms with Gasteiger partial charge in [-0.05, 0) is 25.0 Å². The minimum atomic E-state index is -2.68. The minimum Gasteiger partial charge on any atom is -0.385 e. The van der Waals surface area contributed by atoms with Gasteiger partial charge in [0.1, 0.15) is 0 Å². The summed E-state index contributed by atoms with van der Waals surface area (Å²) in [6.45, 7) is 0. The molecule has 2 N–H and O–H groups in total. The number of nitrogens with zero attached hydrogens (tertiary/aromatic N) is 1. The van der Waals surface area contributed by atoms with Gasteiger partial charge in [0.2, 0.25) is 5.92 Å². The number of aliphatic hydroxyl groups is 1. The second kappa shape index (κ2) is 4.15. The summed E-state index contributed by atoms with van der Waals surface area (Å²) in [5, 5.41) is 18.6. The molecule has 0 saturated heterocycles. The van der Waals surface area contributed by atoms with Gasteiger partial charge in [0.15, 0.2) is 0 Å². The van der Waals surface area contributed by atoms with Crippen LogP contribution in [-0.2, 0) is 5.60 Å². The van der Waals surface area contributed by atoms with Crippen LogP contribution in [0.2, 0.25) is 5.02 Å². The molecule has 1 heterocycles. The molecule has 0 unspecified atom stereocenters. The smallest absolute Gasteiger partial charge is 0.248 e. The number of benzene rings is 1. The molecule has 1 fully saturated rings. The lowest BCUT2D eigenvalue weighted by atomic mass is 9.77. The van der Waals surface area contributed by atoms with Crippen LogP contribution in [0.1, 0.15) is 31.2 Å². The molecule has 3 rings (SSSR count). The maximum atomic E-state index is 13.2. The summed E-state index contributed by atoms with van der Waals surface area (Å²) in [6, 6.07) is 3.36. The van der Waals surface area contributed by atoms with E-state index in [1.165, 1.54) is 0 Å². The van der Waals surface area contributed by atoms with Crippen LogP contribution >= 0.6 is 11.6 Å². The Labute approximate surface area is 113 Å². The maximum absolute atomic E-state index is 13.2. The molecule has 0 aliphatic heterocycles. The Bertz CT molecular complexity index is 616. The molecule has 0 atom stereocenters. The van der Waals surface area contributed by atoms with Crippen molar-refractivity contribution in [2.75, 3.05) is 0 Å². The van der Waals surface area contributed by atoms with Crippen molar-refractivity contribution in [2.45, 2.75) is 37.2 Å². The molecule has 1 aliphatic rings. The summed E-state index contributed by atoms with van der Waals surface area (Å²) in [5.41, 5.74) is -0.0442. The molecule has 19 heavy (non-hydrogen) atoms. The van der Waals surface area contributed by atoms with Crippen molar-refractivity contribution in [3.63, 3.8) is 0 Å². The lowest BCUT2D eigenvalue weighted by Crippen LogP contribution is -2.36. The first-order chi connectivity index (χ1) is 8.90. The number of rotatable bonds is 1. The fourth-order valence-electron chi connectivity index (χ4n) is 2.69. The highest BCUT2D eigenvalue weighted by Crippen LogP contribution is 2.45. The fourth-order valence-corrected chi connectivity index (χ4v) is 2.91. The van der Waals surface area contributed by atoms with E-state index in [1.54, 1.807) is 18.3 Å². The average Bonchev–Trinajstić information content (AvgIpc) is 2.80. The number of hydrogen-bond donors (Lipinski definition) is 2. The van der Waals surface area contributed by atoms with Crippen molar-refractivity contribution in [3.05, 3.63) is 28.9 Å². The van der Waals surface area contributed by atoms with Crippen LogP contribution in [0.15, 0.2) is 18.3 Å². The Morgan fingerprint density at radius 1 is 1.21 bits per heavy atom. The van der Waals surface area contributed by atoms with Gasteiger partial charge in [0, 0.05) is 28.8 Å². The van der Waals surface area contributed by atoms with E-state index in [2.05, 4.69) is 10.2 Å². The van der Waals surface area contributed by atoms with E-state index < -0.39 is 11.5 Å². The van der Waals surface area contributed by atoms with Crippen LogP contribution in [0, 0.1) is 0 Å². The predicted octanol–water partition coefficient (Wildman–Crippen LogP) is 3.61. The van der Waals surface area contributed by atoms with Gasteiger partial charge in [-0.25, -0.2) is 8.78 Å². The van der Waals surface area contributed by atoms with Gasteiger partial charge in [0.25, 0.3) is 0 Å². The quantitative estimate of drug-likeness (QED) is 0.841. The molecule has 3 nitrogen and oxygen atoms in total. The summed E-state index contributed by atoms with van der Waals surface area (Å²) in [4.78, 5) is 0. The Hall–Kier alpha value is -1.20. The fraction of sp³-hybridized carbons (Fsp3) is 0.462. The molecular weight excluding hydrogens is 274 g/mol. The number of aromatic nitrogens is 2. The SMILES string of the molecule is OC1(c2cc(Cl)cc3cn[nH]c23)CCC(F)(F)CC1. The van der Waals surface area contributed by atoms with Crippen molar-refractivity contribution >= 4 is 22.5 Å². The lowest BCUT2D eigenvalue weighted by Gasteiger charge is -2.36. The van der Waals surface area contributed by atoms with E-state index in [0.29, 0.717) is 16.1 Å². The van der Waals surface area contributed by atoms with Crippen LogP contribution in [0.4, 0.5) is 8.78 Å². The van der Waals surface area contributed by atoms with Crippen molar-refractivity contribution < 1.29 is 13.9 Å². The lowest BCUT2D eigenvalue weighted by molar-refractivity contribution is -0.106. The molecule has 1 aromatic carbocycles. The van der Waals surface area contributed by atoms with E-state index in [-0.39, 0.29) is 25.7 Å². The zero-order valence-corrected chi connectivity index (χ0v) is 10.8. The first-order valence-corrected chi connectivity index (χ1v) is 6.51. The van der Waals surface area contributed by atoms with Gasteiger partial charge >= 0.3 is 0 Å². The van der Waals surface area contributed by atoms with Crippen molar-refractivity contribution in [1.29, 1.82) is 0 Å². The summed E-state index contributed by atoms with van der Waals surface area (Å²) >= 11 is 6.02. The minimum absolute atomic E-state index is 0.0223. The third-order valence-corrected chi connectivity index (χ3v) is 4.04. The monoisotopic (exact) mass is 286 g/mol. The molecule has 0 bridgehead atoms. The molecule has 0 spiro atoms. The van der Waals surface area contributed by atoms with Crippen molar-refractivity contribution in [3.8, 4) is 0 Å². The highest BCUT2D eigenvalue weighted by atomic mass is 35.5. The van der Waals surface area contributed by atoms with E-state index in [4.69, 9.17) is 11.6 Å². The van der Waals surface area contributed by atoms with Gasteiger partial charge in [-0.2, -0.15) is 5.10 Å². The van der Waals surface area contributed by atoms with Crippen molar-refractivity contribution in [1.82, 2.24) is 10.2 Å². The first-order valence-electron chi connectivity index (χ1n) is 6.13. The second-order valence-corrected chi connectivity index (χ2v) is 5.61. The number of hydrogen-bond acceptors (Lipinski definition) is 2. The third kappa shape index (κ3) is 2.21. The van der Waals surface area contributed by atoms with E-state index in [1.807, 2.05) is 0 Å². The molecule has 1 aromatic heterocycles. The van der Waals surface area contributed by atoms with Crippen LogP contribution in [0.25, 0.3) is 10.9 Å². The molecule has 1 aliphatic carbocycles. The third-order valence-electron chi connectivity index (χ3n) is 3.82. The van der Waals surface area contributed by atoms with Gasteiger partial charge < -0.3 is 5.11 Å². The highest BCUT2D eigenvalue weighted by molar-refractivity contribution is 6.31. The van der Waals surface area contributed by atoms with E-state index >= 15 is 0 Å². The average molecular weight is 287 g/mol. The van der Waals surface area contributed by atoms with E-state index in [0.717, 1.165) is 5.39 Å². The number of aromatic amines is 1. The Balaban J connectivity index is 2.06. The number of alkyl halides is 2. The predicted molar refractivity (Wildman–Crippen MR) is 68.4 cm³/mol. The molecule has 0 amide bonds. The number of nitrogens with one attached hydrogen (secondary N) is 1. The number of halogens is 3. The summed E-state index contributed by atoms with van der Waals surface area (Å²) in [7, 11) is 0. The van der Waals surface area contributed by atoms with Crippen LogP contribution in [0.3, 0.4) is 0 Å². The molecule has 6 heteroatoms. The Morgan fingerprint density at radius 2 is 1.89 bits per heavy atom. The normalized spacial score (nSPS) is 21.7. The summed E-state index contributed by atoms with van der Waals surface area (Å²) < 4.78 is 26.5. The molecular formula is C13H13ClF2N2O. The van der Waals surface area contributed by atoms with Crippen molar-refractivity contribution in [2.24, 2.45) is 0 Å². The van der Waals surface area contributed by atoms with Gasteiger partial charge in [0.05, 0.1) is 17.3 Å². The van der Waals surface area contributed by atoms with Crippen LogP contribution in [-0.4, -0.2) is 21.2 Å². The van der Waals surface area contributed by atoms with Gasteiger partial charge in [-0.15, -0.1) is 0 Å². The van der Waals surface area contributed by atoms with Crippen LogP contribution in [0.5, 0.6) is 0 Å². The van der Waals surface area contributed by atoms with Gasteiger partial charge in [-0.3, -0.25) is 5.10 Å². The Morgan fingerprint density at radius 3 is 2.58 bits per heavy atom. The largest absolute Gasteiger partial charge is 0.385 e. The zero-order valence-electron chi connectivity index (χ0n) is 10.1. The standard InChI is InChI=1S/C13H13ClF2N2O/c14-9-5-8-7-17-18-11(8)10(6-9)12(19)1-3-13(15,16)4-2-12/h5-7,19H,1-4H2,(H,17,18). The Kier molecular flexibility index (Phi) is 2.80. The van der Waals surface area contributed by atoms with Crippen LogP contribution < -0.4 is 0 Å². The summed E-state index contributed by atoms with van der Waals surface area (Å²) in [5.74, 6) is -2.68. The molecule has 2 aromatic rings. The highest BCUT2D eigenvalue weighted by Gasteiger charge is 2.44. The first kappa shape index (κ1) is 12.8. The zero-order chi connectivity index (χ0) is 13.7. The number of H-pyrrole nitrogens is 1.